The molecule has 0 aliphatic heterocycles. The summed E-state index contributed by atoms with van der Waals surface area (Å²) in [5, 5.41) is 13.2. The SMILES string of the molecule is CC(=O)CNC(=O)c1c(O)c2cc(-c3ncccn3)ccc2n(C)c1=O. The molecule has 0 unspecified atom stereocenters. The molecule has 0 bridgehead atoms. The number of ketones is 1. The van der Waals surface area contributed by atoms with Gasteiger partial charge < -0.3 is 15.0 Å². The number of nitrogens with zero attached hydrogens (tertiary/aromatic N) is 3. The number of hydrogen-bond acceptors (Lipinski definition) is 6. The minimum atomic E-state index is -0.804. The van der Waals surface area contributed by atoms with Crippen molar-refractivity contribution in [3.05, 3.63) is 52.6 Å². The van der Waals surface area contributed by atoms with Gasteiger partial charge in [0.05, 0.1) is 12.1 Å². The summed E-state index contributed by atoms with van der Waals surface area (Å²) in [5.74, 6) is -1.06. The molecule has 2 N–H and O–H groups in total. The third-order valence-electron chi connectivity index (χ3n) is 3.92. The number of aryl methyl sites for hydroxylation is 1. The number of carbonyl (C=O) groups is 2. The van der Waals surface area contributed by atoms with Gasteiger partial charge in [-0.25, -0.2) is 9.97 Å². The second kappa shape index (κ2) is 6.75. The van der Waals surface area contributed by atoms with Crippen molar-refractivity contribution in [2.24, 2.45) is 7.05 Å². The summed E-state index contributed by atoms with van der Waals surface area (Å²) < 4.78 is 1.27. The molecule has 0 aliphatic carbocycles. The van der Waals surface area contributed by atoms with Gasteiger partial charge in [0, 0.05) is 30.4 Å². The molecule has 0 saturated heterocycles. The molecule has 2 aromatic heterocycles. The normalized spacial score (nSPS) is 10.7. The molecule has 3 aromatic rings. The molecular formula is C18H16N4O4. The van der Waals surface area contributed by atoms with Crippen LogP contribution in [-0.4, -0.2) is 37.9 Å². The molecule has 0 atom stereocenters. The summed E-state index contributed by atoms with van der Waals surface area (Å²) >= 11 is 0. The highest BCUT2D eigenvalue weighted by molar-refractivity contribution is 6.03. The number of Topliss-reactive ketones (excluding diaryl/α,β-unsaturated/α-hetero) is 1. The maximum Gasteiger partial charge on any atom is 0.267 e. The van der Waals surface area contributed by atoms with Crippen molar-refractivity contribution in [3.63, 3.8) is 0 Å². The standard InChI is InChI=1S/C18H16N4O4/c1-10(23)9-21-17(25)14-15(24)12-8-11(16-19-6-3-7-20-16)4-5-13(12)22(2)18(14)26/h3-8,24H,9H2,1-2H3,(H,21,25). The molecule has 1 amide bonds. The number of pyridine rings is 1. The van der Waals surface area contributed by atoms with E-state index in [1.807, 2.05) is 0 Å². The summed E-state index contributed by atoms with van der Waals surface area (Å²) in [4.78, 5) is 44.1. The maximum absolute atomic E-state index is 12.5. The summed E-state index contributed by atoms with van der Waals surface area (Å²) in [6.45, 7) is 1.09. The molecule has 8 nitrogen and oxygen atoms in total. The Hall–Kier alpha value is -3.55. The van der Waals surface area contributed by atoms with Gasteiger partial charge in [-0.3, -0.25) is 14.4 Å². The Morgan fingerprint density at radius 2 is 1.92 bits per heavy atom. The van der Waals surface area contributed by atoms with E-state index in [9.17, 15) is 19.5 Å². The first-order valence-electron chi connectivity index (χ1n) is 7.81. The Kier molecular flexibility index (Phi) is 4.49. The minimum absolute atomic E-state index is 0.225. The van der Waals surface area contributed by atoms with Crippen LogP contribution in [0.1, 0.15) is 17.3 Å². The van der Waals surface area contributed by atoms with Gasteiger partial charge in [-0.2, -0.15) is 0 Å². The van der Waals surface area contributed by atoms with Crippen molar-refractivity contribution in [2.75, 3.05) is 6.54 Å². The summed E-state index contributed by atoms with van der Waals surface area (Å²) in [6.07, 6.45) is 3.18. The van der Waals surface area contributed by atoms with Crippen LogP contribution in [-0.2, 0) is 11.8 Å². The van der Waals surface area contributed by atoms with Gasteiger partial charge in [0.1, 0.15) is 17.1 Å². The van der Waals surface area contributed by atoms with E-state index < -0.39 is 22.8 Å². The molecule has 0 saturated carbocycles. The second-order valence-electron chi connectivity index (χ2n) is 5.78. The van der Waals surface area contributed by atoms with Crippen molar-refractivity contribution in [2.45, 2.75) is 6.92 Å². The van der Waals surface area contributed by atoms with E-state index in [-0.39, 0.29) is 12.3 Å². The van der Waals surface area contributed by atoms with Crippen molar-refractivity contribution in [1.29, 1.82) is 0 Å². The number of fused-ring (bicyclic) bond motifs is 1. The van der Waals surface area contributed by atoms with Crippen LogP contribution in [0.3, 0.4) is 0 Å². The van der Waals surface area contributed by atoms with Gasteiger partial charge in [0.2, 0.25) is 0 Å². The fourth-order valence-electron chi connectivity index (χ4n) is 2.62. The first-order chi connectivity index (χ1) is 12.4. The lowest BCUT2D eigenvalue weighted by Gasteiger charge is -2.12. The molecule has 0 aliphatic rings. The van der Waals surface area contributed by atoms with Crippen molar-refractivity contribution in [3.8, 4) is 17.1 Å². The molecule has 8 heteroatoms. The van der Waals surface area contributed by atoms with E-state index in [4.69, 9.17) is 0 Å². The monoisotopic (exact) mass is 352 g/mol. The van der Waals surface area contributed by atoms with Crippen LogP contribution >= 0.6 is 0 Å². The Bertz CT molecular complexity index is 1070. The zero-order valence-corrected chi connectivity index (χ0v) is 14.2. The fourth-order valence-corrected chi connectivity index (χ4v) is 2.62. The maximum atomic E-state index is 12.5. The molecule has 26 heavy (non-hydrogen) atoms. The average molecular weight is 352 g/mol. The number of hydrogen-bond donors (Lipinski definition) is 2. The summed E-state index contributed by atoms with van der Waals surface area (Å²) in [6, 6.07) is 6.68. The van der Waals surface area contributed by atoms with Gasteiger partial charge in [-0.1, -0.05) is 0 Å². The summed E-state index contributed by atoms with van der Waals surface area (Å²) in [7, 11) is 1.50. The van der Waals surface area contributed by atoms with E-state index in [1.54, 1.807) is 36.7 Å². The Labute approximate surface area is 148 Å². The highest BCUT2D eigenvalue weighted by Gasteiger charge is 2.21. The topological polar surface area (TPSA) is 114 Å². The number of amides is 1. The minimum Gasteiger partial charge on any atom is -0.506 e. The lowest BCUT2D eigenvalue weighted by atomic mass is 10.1. The Balaban J connectivity index is 2.19. The van der Waals surface area contributed by atoms with Gasteiger partial charge in [-0.15, -0.1) is 0 Å². The van der Waals surface area contributed by atoms with Gasteiger partial charge in [0.15, 0.2) is 5.82 Å². The summed E-state index contributed by atoms with van der Waals surface area (Å²) in [5.41, 5.74) is 0.0181. The average Bonchev–Trinajstić information content (AvgIpc) is 2.65. The first kappa shape index (κ1) is 17.3. The highest BCUT2D eigenvalue weighted by atomic mass is 16.3. The second-order valence-corrected chi connectivity index (χ2v) is 5.78. The Morgan fingerprint density at radius 1 is 1.23 bits per heavy atom. The molecule has 0 spiro atoms. The first-order valence-corrected chi connectivity index (χ1v) is 7.81. The van der Waals surface area contributed by atoms with Crippen LogP contribution in [0, 0.1) is 0 Å². The zero-order valence-electron chi connectivity index (χ0n) is 14.2. The van der Waals surface area contributed by atoms with E-state index >= 15 is 0 Å². The van der Waals surface area contributed by atoms with Crippen LogP contribution in [0.2, 0.25) is 0 Å². The lowest BCUT2D eigenvalue weighted by molar-refractivity contribution is -0.116. The van der Waals surface area contributed by atoms with Crippen LogP contribution in [0.4, 0.5) is 0 Å². The van der Waals surface area contributed by atoms with E-state index in [1.165, 1.54) is 18.5 Å². The zero-order chi connectivity index (χ0) is 18.8. The smallest absolute Gasteiger partial charge is 0.267 e. The number of nitrogens with one attached hydrogen (secondary N) is 1. The number of rotatable bonds is 4. The molecule has 1 aromatic carbocycles. The number of carbonyl (C=O) groups excluding carboxylic acids is 2. The predicted molar refractivity (Wildman–Crippen MR) is 94.9 cm³/mol. The Morgan fingerprint density at radius 3 is 2.58 bits per heavy atom. The predicted octanol–water partition coefficient (Wildman–Crippen LogP) is 1.02. The van der Waals surface area contributed by atoms with Gasteiger partial charge >= 0.3 is 0 Å². The van der Waals surface area contributed by atoms with Crippen LogP contribution in [0.25, 0.3) is 22.3 Å². The number of aromatic nitrogens is 3. The van der Waals surface area contributed by atoms with Crippen LogP contribution < -0.4 is 10.9 Å². The third kappa shape index (κ3) is 3.04. The van der Waals surface area contributed by atoms with E-state index in [0.717, 1.165) is 0 Å². The quantitative estimate of drug-likeness (QED) is 0.724. The fraction of sp³-hybridized carbons (Fsp3) is 0.167. The molecule has 0 fully saturated rings. The van der Waals surface area contributed by atoms with Crippen LogP contribution in [0.5, 0.6) is 5.75 Å². The van der Waals surface area contributed by atoms with Crippen LogP contribution in [0.15, 0.2) is 41.5 Å². The van der Waals surface area contributed by atoms with E-state index in [0.29, 0.717) is 22.3 Å². The molecule has 132 valence electrons. The molecule has 2 heterocycles. The molecular weight excluding hydrogens is 336 g/mol. The van der Waals surface area contributed by atoms with E-state index in [2.05, 4.69) is 15.3 Å². The molecule has 0 radical (unpaired) electrons. The number of aromatic hydroxyl groups is 1. The van der Waals surface area contributed by atoms with Gasteiger partial charge in [0.25, 0.3) is 11.5 Å². The number of benzene rings is 1. The lowest BCUT2D eigenvalue weighted by Crippen LogP contribution is -2.34. The largest absolute Gasteiger partial charge is 0.506 e. The van der Waals surface area contributed by atoms with Crippen molar-refractivity contribution < 1.29 is 14.7 Å². The molecule has 3 rings (SSSR count). The third-order valence-corrected chi connectivity index (χ3v) is 3.92. The van der Waals surface area contributed by atoms with Crippen molar-refractivity contribution >= 4 is 22.6 Å². The van der Waals surface area contributed by atoms with Gasteiger partial charge in [-0.05, 0) is 31.2 Å². The van der Waals surface area contributed by atoms with Crippen molar-refractivity contribution in [1.82, 2.24) is 19.9 Å². The highest BCUT2D eigenvalue weighted by Crippen LogP contribution is 2.29.